The quantitative estimate of drug-likeness (QED) is 0.198. The fraction of sp³-hybridized carbons (Fsp3) is 0.250. The SMILES string of the molecule is CC(CCc1ccc(OCc2ccccc2)cc1)NCCc1ccc(O)c(OCc2ccccc2)c1.Cl. The second-order valence-corrected chi connectivity index (χ2v) is 9.14. The molecule has 1 atom stereocenters. The summed E-state index contributed by atoms with van der Waals surface area (Å²) >= 11 is 0. The fourth-order valence-corrected chi connectivity index (χ4v) is 4.01. The number of halogens is 1. The number of nitrogens with one attached hydrogen (secondary N) is 1. The van der Waals surface area contributed by atoms with E-state index in [2.05, 4.69) is 48.6 Å². The third-order valence-corrected chi connectivity index (χ3v) is 6.21. The minimum absolute atomic E-state index is 0. The Hall–Kier alpha value is -3.47. The monoisotopic (exact) mass is 517 g/mol. The fourth-order valence-electron chi connectivity index (χ4n) is 4.01. The van der Waals surface area contributed by atoms with Gasteiger partial charge in [0.05, 0.1) is 0 Å². The van der Waals surface area contributed by atoms with Gasteiger partial charge in [-0.3, -0.25) is 0 Å². The van der Waals surface area contributed by atoms with Crippen molar-refractivity contribution in [3.8, 4) is 17.2 Å². The van der Waals surface area contributed by atoms with Crippen LogP contribution in [0.2, 0.25) is 0 Å². The summed E-state index contributed by atoms with van der Waals surface area (Å²) in [5.41, 5.74) is 4.70. The average Bonchev–Trinajstić information content (AvgIpc) is 2.92. The van der Waals surface area contributed by atoms with Crippen molar-refractivity contribution in [3.05, 3.63) is 125 Å². The topological polar surface area (TPSA) is 50.7 Å². The third kappa shape index (κ3) is 9.49. The first-order chi connectivity index (χ1) is 17.7. The molecule has 4 aromatic rings. The molecule has 0 aliphatic carbocycles. The van der Waals surface area contributed by atoms with Crippen LogP contribution in [0.1, 0.15) is 35.6 Å². The molecule has 4 rings (SSSR count). The van der Waals surface area contributed by atoms with Crippen LogP contribution in [0.25, 0.3) is 0 Å². The van der Waals surface area contributed by atoms with Crippen LogP contribution in [0.15, 0.2) is 103 Å². The van der Waals surface area contributed by atoms with Gasteiger partial charge in [0.25, 0.3) is 0 Å². The molecule has 194 valence electrons. The zero-order chi connectivity index (χ0) is 25.0. The highest BCUT2D eigenvalue weighted by molar-refractivity contribution is 5.85. The number of phenolic OH excluding ortho intramolecular Hbond substituents is 1. The number of hydrogen-bond donors (Lipinski definition) is 2. The summed E-state index contributed by atoms with van der Waals surface area (Å²) in [6, 6.07) is 34.6. The Kier molecular flexibility index (Phi) is 11.3. The van der Waals surface area contributed by atoms with Gasteiger partial charge in [-0.25, -0.2) is 0 Å². The highest BCUT2D eigenvalue weighted by Crippen LogP contribution is 2.28. The Labute approximate surface area is 226 Å². The van der Waals surface area contributed by atoms with Crippen molar-refractivity contribution in [3.63, 3.8) is 0 Å². The number of hydrogen-bond acceptors (Lipinski definition) is 4. The highest BCUT2D eigenvalue weighted by Gasteiger charge is 2.07. The molecule has 2 N–H and O–H groups in total. The van der Waals surface area contributed by atoms with Gasteiger partial charge in [-0.15, -0.1) is 12.4 Å². The molecule has 1 unspecified atom stereocenters. The Morgan fingerprint density at radius 1 is 0.676 bits per heavy atom. The van der Waals surface area contributed by atoms with Gasteiger partial charge in [0, 0.05) is 6.04 Å². The molecule has 4 nitrogen and oxygen atoms in total. The van der Waals surface area contributed by atoms with Gasteiger partial charge < -0.3 is 19.9 Å². The number of ether oxygens (including phenoxy) is 2. The molecule has 0 aliphatic rings. The van der Waals surface area contributed by atoms with E-state index in [1.54, 1.807) is 6.07 Å². The number of aromatic hydroxyl groups is 1. The minimum Gasteiger partial charge on any atom is -0.504 e. The van der Waals surface area contributed by atoms with Gasteiger partial charge in [-0.05, 0) is 79.3 Å². The zero-order valence-electron chi connectivity index (χ0n) is 21.3. The summed E-state index contributed by atoms with van der Waals surface area (Å²) in [6.07, 6.45) is 2.95. The maximum atomic E-state index is 10.2. The first kappa shape index (κ1) is 28.1. The standard InChI is InChI=1S/C32H35NO3.ClH/c1-25(12-13-26-14-17-30(18-15-26)35-23-28-8-4-2-5-9-28)33-21-20-27-16-19-31(34)32(22-27)36-24-29-10-6-3-7-11-29;/h2-11,14-19,22,25,33-34H,12-13,20-21,23-24H2,1H3;1H. The van der Waals surface area contributed by atoms with Crippen molar-refractivity contribution in [2.45, 2.75) is 45.4 Å². The van der Waals surface area contributed by atoms with Gasteiger partial charge in [0.2, 0.25) is 0 Å². The summed E-state index contributed by atoms with van der Waals surface area (Å²) in [7, 11) is 0. The van der Waals surface area contributed by atoms with Gasteiger partial charge in [0.15, 0.2) is 11.5 Å². The molecule has 37 heavy (non-hydrogen) atoms. The summed E-state index contributed by atoms with van der Waals surface area (Å²) in [6.45, 7) is 4.12. The van der Waals surface area contributed by atoms with Crippen molar-refractivity contribution in [1.82, 2.24) is 5.32 Å². The molecular weight excluding hydrogens is 482 g/mol. The predicted molar refractivity (Wildman–Crippen MR) is 153 cm³/mol. The first-order valence-corrected chi connectivity index (χ1v) is 12.6. The first-order valence-electron chi connectivity index (χ1n) is 12.6. The van der Waals surface area contributed by atoms with Crippen LogP contribution < -0.4 is 14.8 Å². The Balaban J connectivity index is 0.00000380. The molecule has 0 aromatic heterocycles. The van der Waals surface area contributed by atoms with Crippen molar-refractivity contribution in [2.75, 3.05) is 6.54 Å². The second kappa shape index (κ2) is 14.9. The lowest BCUT2D eigenvalue weighted by atomic mass is 10.1. The number of benzene rings is 4. The molecule has 5 heteroatoms. The summed E-state index contributed by atoms with van der Waals surface area (Å²) in [5, 5.41) is 13.8. The molecule has 0 spiro atoms. The highest BCUT2D eigenvalue weighted by atomic mass is 35.5. The molecule has 0 amide bonds. The Bertz CT molecular complexity index is 1180. The largest absolute Gasteiger partial charge is 0.504 e. The van der Waals surface area contributed by atoms with Crippen LogP contribution in [0.4, 0.5) is 0 Å². The molecule has 4 aromatic carbocycles. The van der Waals surface area contributed by atoms with E-state index >= 15 is 0 Å². The van der Waals surface area contributed by atoms with Crippen molar-refractivity contribution in [2.24, 2.45) is 0 Å². The predicted octanol–water partition coefficient (Wildman–Crippen LogP) is 7.13. The van der Waals surface area contributed by atoms with Crippen molar-refractivity contribution >= 4 is 12.4 Å². The number of rotatable bonds is 13. The lowest BCUT2D eigenvalue weighted by Crippen LogP contribution is -2.28. The Morgan fingerprint density at radius 2 is 1.27 bits per heavy atom. The molecular formula is C32H36ClNO3. The molecule has 0 heterocycles. The van der Waals surface area contributed by atoms with Crippen LogP contribution in [-0.4, -0.2) is 17.7 Å². The molecule has 0 fully saturated rings. The zero-order valence-corrected chi connectivity index (χ0v) is 22.1. The second-order valence-electron chi connectivity index (χ2n) is 9.14. The maximum Gasteiger partial charge on any atom is 0.161 e. The normalized spacial score (nSPS) is 11.4. The van der Waals surface area contributed by atoms with Crippen LogP contribution in [0.3, 0.4) is 0 Å². The average molecular weight is 518 g/mol. The van der Waals surface area contributed by atoms with Gasteiger partial charge in [0.1, 0.15) is 19.0 Å². The Morgan fingerprint density at radius 3 is 1.92 bits per heavy atom. The molecule has 0 saturated heterocycles. The van der Waals surface area contributed by atoms with E-state index in [0.717, 1.165) is 42.7 Å². The smallest absolute Gasteiger partial charge is 0.161 e. The van der Waals surface area contributed by atoms with Gasteiger partial charge in [-0.1, -0.05) is 78.9 Å². The molecule has 0 aliphatic heterocycles. The summed E-state index contributed by atoms with van der Waals surface area (Å²) in [4.78, 5) is 0. The van der Waals surface area contributed by atoms with Gasteiger partial charge >= 0.3 is 0 Å². The van der Waals surface area contributed by atoms with Crippen LogP contribution >= 0.6 is 12.4 Å². The van der Waals surface area contributed by atoms with Crippen LogP contribution in [0.5, 0.6) is 17.2 Å². The van der Waals surface area contributed by atoms with Crippen LogP contribution in [0, 0.1) is 0 Å². The maximum absolute atomic E-state index is 10.2. The molecule has 0 saturated carbocycles. The van der Waals surface area contributed by atoms with Gasteiger partial charge in [-0.2, -0.15) is 0 Å². The van der Waals surface area contributed by atoms with Crippen molar-refractivity contribution < 1.29 is 14.6 Å². The minimum atomic E-state index is 0. The third-order valence-electron chi connectivity index (χ3n) is 6.21. The van der Waals surface area contributed by atoms with Crippen molar-refractivity contribution in [1.29, 1.82) is 0 Å². The number of aryl methyl sites for hydroxylation is 1. The molecule has 0 radical (unpaired) electrons. The van der Waals surface area contributed by atoms with E-state index in [-0.39, 0.29) is 18.2 Å². The van der Waals surface area contributed by atoms with E-state index in [1.807, 2.05) is 60.7 Å². The molecule has 0 bridgehead atoms. The number of phenols is 1. The van der Waals surface area contributed by atoms with E-state index in [0.29, 0.717) is 25.0 Å². The van der Waals surface area contributed by atoms with E-state index < -0.39 is 0 Å². The van der Waals surface area contributed by atoms with E-state index in [1.165, 1.54) is 11.1 Å². The lowest BCUT2D eigenvalue weighted by Gasteiger charge is -2.15. The lowest BCUT2D eigenvalue weighted by molar-refractivity contribution is 0.288. The summed E-state index contributed by atoms with van der Waals surface area (Å²) < 4.78 is 11.7. The van der Waals surface area contributed by atoms with Crippen LogP contribution in [-0.2, 0) is 26.1 Å². The van der Waals surface area contributed by atoms with E-state index in [9.17, 15) is 5.11 Å². The van der Waals surface area contributed by atoms with E-state index in [4.69, 9.17) is 9.47 Å². The summed E-state index contributed by atoms with van der Waals surface area (Å²) in [5.74, 6) is 1.60.